The molecule has 0 aromatic heterocycles. The van der Waals surface area contributed by atoms with Crippen LogP contribution in [0.5, 0.6) is 0 Å². The maximum atomic E-state index is 11.4. The molecule has 0 saturated heterocycles. The van der Waals surface area contributed by atoms with Gasteiger partial charge in [0.25, 0.3) is 0 Å². The predicted molar refractivity (Wildman–Crippen MR) is 107 cm³/mol. The zero-order chi connectivity index (χ0) is 20.8. The minimum absolute atomic E-state index is 0. The van der Waals surface area contributed by atoms with Crippen molar-refractivity contribution in [1.82, 2.24) is 10.6 Å². The zero-order valence-electron chi connectivity index (χ0n) is 17.7. The Kier molecular flexibility index (Phi) is 18.5. The maximum Gasteiger partial charge on any atom is 1.00 e. The summed E-state index contributed by atoms with van der Waals surface area (Å²) in [5, 5.41) is 26.5. The van der Waals surface area contributed by atoms with Gasteiger partial charge in [0.05, 0.1) is 25.2 Å². The molecule has 2 rings (SSSR count). The van der Waals surface area contributed by atoms with E-state index in [0.717, 1.165) is 39.1 Å². The van der Waals surface area contributed by atoms with E-state index in [1.165, 1.54) is 0 Å². The van der Waals surface area contributed by atoms with Gasteiger partial charge in [-0.3, -0.25) is 4.79 Å². The first kappa shape index (κ1) is 29.6. The van der Waals surface area contributed by atoms with E-state index in [2.05, 4.69) is 22.8 Å². The molecule has 1 fully saturated rings. The van der Waals surface area contributed by atoms with Gasteiger partial charge in [-0.05, 0) is 38.8 Å². The first-order valence-electron chi connectivity index (χ1n) is 10.2. The van der Waals surface area contributed by atoms with Crippen LogP contribution < -0.4 is 84.3 Å². The van der Waals surface area contributed by atoms with Crippen molar-refractivity contribution in [1.29, 1.82) is 0 Å². The Balaban J connectivity index is 0.000000542. The monoisotopic (exact) mass is 439 g/mol. The second-order valence-electron chi connectivity index (χ2n) is 7.42. The van der Waals surface area contributed by atoms with Gasteiger partial charge in [0, 0.05) is 25.2 Å². The van der Waals surface area contributed by atoms with Crippen molar-refractivity contribution in [2.75, 3.05) is 32.8 Å². The number of hydrogen-bond acceptors (Lipinski definition) is 8. The van der Waals surface area contributed by atoms with E-state index in [9.17, 15) is 15.0 Å². The second kappa shape index (κ2) is 18.2. The van der Waals surface area contributed by atoms with Crippen molar-refractivity contribution < 1.29 is 71.1 Å². The summed E-state index contributed by atoms with van der Waals surface area (Å²) < 4.78 is 5.48. The van der Waals surface area contributed by atoms with Crippen molar-refractivity contribution >= 4 is 5.91 Å². The van der Waals surface area contributed by atoms with Gasteiger partial charge in [-0.25, -0.2) is 0 Å². The quantitative estimate of drug-likeness (QED) is 0.117. The standard InChI is InChI=1S/C10H20N3O3.C9H18N2O.K/c11-5-9(15)4-10(16)13-7-1-6(12)2-8(14)3-7;10-5-3-6-11-8-9-4-1-2-7-12-9;/h6-9,15H,1-5,11-12H2,(H,13,16);1,4,9,11H,2-3,5-8,10H2;/q-1;;+1. The van der Waals surface area contributed by atoms with Crippen LogP contribution in [0.4, 0.5) is 0 Å². The fourth-order valence-corrected chi connectivity index (χ4v) is 3.20. The number of carbonyl (C=O) groups excluding carboxylic acids is 1. The van der Waals surface area contributed by atoms with E-state index in [0.29, 0.717) is 19.3 Å². The third kappa shape index (κ3) is 15.1. The average molecular weight is 440 g/mol. The van der Waals surface area contributed by atoms with E-state index in [-0.39, 0.29) is 88.4 Å². The molecule has 0 radical (unpaired) electrons. The first-order valence-corrected chi connectivity index (χ1v) is 10.2. The molecule has 9 N–H and O–H groups in total. The number of aliphatic hydroxyl groups is 1. The van der Waals surface area contributed by atoms with E-state index < -0.39 is 12.2 Å². The SMILES string of the molecule is NCC(O)CC(=O)NC1CC(N)CC([O-])C1.NCCCNCC1C=CCCO1.[K+]. The van der Waals surface area contributed by atoms with Crippen LogP contribution in [0.3, 0.4) is 0 Å². The Bertz CT molecular complexity index is 448. The fraction of sp³-hybridized carbons (Fsp3) is 0.842. The molecule has 0 spiro atoms. The summed E-state index contributed by atoms with van der Waals surface area (Å²) in [6, 6.07) is -0.301. The van der Waals surface area contributed by atoms with Crippen LogP contribution in [-0.4, -0.2) is 74.2 Å². The molecule has 0 aromatic carbocycles. The number of rotatable bonds is 9. The van der Waals surface area contributed by atoms with E-state index >= 15 is 0 Å². The molecule has 1 heterocycles. The predicted octanol–water partition coefficient (Wildman–Crippen LogP) is -5.31. The van der Waals surface area contributed by atoms with Crippen molar-refractivity contribution in [3.05, 3.63) is 12.2 Å². The Morgan fingerprint density at radius 1 is 1.31 bits per heavy atom. The summed E-state index contributed by atoms with van der Waals surface area (Å²) in [4.78, 5) is 11.4. The second-order valence-corrected chi connectivity index (χ2v) is 7.42. The average Bonchev–Trinajstić information content (AvgIpc) is 2.65. The summed E-state index contributed by atoms with van der Waals surface area (Å²) in [7, 11) is 0. The molecule has 1 aliphatic carbocycles. The molecule has 29 heavy (non-hydrogen) atoms. The number of ether oxygens (including phenoxy) is 1. The van der Waals surface area contributed by atoms with E-state index in [4.69, 9.17) is 21.9 Å². The number of nitrogens with two attached hydrogens (primary N) is 3. The van der Waals surface area contributed by atoms with Crippen molar-refractivity contribution in [2.45, 2.75) is 68.9 Å². The topological polar surface area (TPSA) is 172 Å². The van der Waals surface area contributed by atoms with E-state index in [1.807, 2.05) is 0 Å². The molecule has 0 bridgehead atoms. The Morgan fingerprint density at radius 3 is 2.66 bits per heavy atom. The van der Waals surface area contributed by atoms with Crippen molar-refractivity contribution in [3.8, 4) is 0 Å². The van der Waals surface area contributed by atoms with Gasteiger partial charge in [-0.2, -0.15) is 0 Å². The van der Waals surface area contributed by atoms with Crippen LogP contribution in [0.1, 0.15) is 38.5 Å². The van der Waals surface area contributed by atoms with Crippen molar-refractivity contribution in [3.63, 3.8) is 0 Å². The minimum Gasteiger partial charge on any atom is -0.852 e. The summed E-state index contributed by atoms with van der Waals surface area (Å²) in [6.45, 7) is 3.58. The van der Waals surface area contributed by atoms with Gasteiger partial charge in [0.2, 0.25) is 5.91 Å². The molecule has 10 heteroatoms. The van der Waals surface area contributed by atoms with Gasteiger partial charge in [0.15, 0.2) is 0 Å². The first-order chi connectivity index (χ1) is 13.4. The number of hydrogen-bond donors (Lipinski definition) is 6. The van der Waals surface area contributed by atoms with Gasteiger partial charge < -0.3 is 42.8 Å². The van der Waals surface area contributed by atoms with Gasteiger partial charge in [0.1, 0.15) is 0 Å². The van der Waals surface area contributed by atoms with Crippen LogP contribution in [0.25, 0.3) is 0 Å². The molecule has 1 amide bonds. The zero-order valence-corrected chi connectivity index (χ0v) is 20.8. The molecule has 5 atom stereocenters. The fourth-order valence-electron chi connectivity index (χ4n) is 3.20. The van der Waals surface area contributed by atoms with Crippen LogP contribution >= 0.6 is 0 Å². The molecule has 1 saturated carbocycles. The molecule has 1 aliphatic heterocycles. The number of carbonyl (C=O) groups is 1. The largest absolute Gasteiger partial charge is 1.00 e. The molecular weight excluding hydrogens is 401 g/mol. The molecule has 164 valence electrons. The number of amides is 1. The molecule has 0 aromatic rings. The Labute approximate surface area is 217 Å². The van der Waals surface area contributed by atoms with Gasteiger partial charge in [-0.15, -0.1) is 6.10 Å². The Hall–Kier alpha value is 0.566. The summed E-state index contributed by atoms with van der Waals surface area (Å²) >= 11 is 0. The van der Waals surface area contributed by atoms with Gasteiger partial charge in [-0.1, -0.05) is 18.6 Å². The van der Waals surface area contributed by atoms with Crippen LogP contribution in [0.2, 0.25) is 0 Å². The number of aliphatic hydroxyl groups excluding tert-OH is 1. The van der Waals surface area contributed by atoms with Crippen LogP contribution in [0, 0.1) is 0 Å². The third-order valence-corrected chi connectivity index (χ3v) is 4.63. The summed E-state index contributed by atoms with van der Waals surface area (Å²) in [5.41, 5.74) is 16.3. The van der Waals surface area contributed by atoms with Gasteiger partial charge >= 0.3 is 51.4 Å². The van der Waals surface area contributed by atoms with Crippen molar-refractivity contribution in [2.24, 2.45) is 17.2 Å². The maximum absolute atomic E-state index is 11.4. The smallest absolute Gasteiger partial charge is 0.852 e. The molecule has 9 nitrogen and oxygen atoms in total. The Morgan fingerprint density at radius 2 is 2.07 bits per heavy atom. The van der Waals surface area contributed by atoms with Crippen LogP contribution in [0.15, 0.2) is 12.2 Å². The number of nitrogens with one attached hydrogen (secondary N) is 2. The normalized spacial score (nSPS) is 27.2. The molecule has 5 unspecified atom stereocenters. The minimum atomic E-state index is -0.819. The summed E-state index contributed by atoms with van der Waals surface area (Å²) in [6.07, 6.45) is 6.64. The van der Waals surface area contributed by atoms with Crippen LogP contribution in [-0.2, 0) is 9.53 Å². The van der Waals surface area contributed by atoms with E-state index in [1.54, 1.807) is 0 Å². The third-order valence-electron chi connectivity index (χ3n) is 4.63. The summed E-state index contributed by atoms with van der Waals surface area (Å²) in [5.74, 6) is -0.274. The molecule has 2 aliphatic rings. The molecular formula is C19H38KN5O4.